The smallest absolute Gasteiger partial charge is 0.419 e. The maximum absolute atomic E-state index is 12.7. The van der Waals surface area contributed by atoms with Crippen LogP contribution < -0.4 is 15.4 Å². The highest BCUT2D eigenvalue weighted by molar-refractivity contribution is 5.81. The molecular weight excluding hydrogens is 478 g/mol. The fourth-order valence-electron chi connectivity index (χ4n) is 3.18. The van der Waals surface area contributed by atoms with Crippen molar-refractivity contribution in [1.82, 2.24) is 19.9 Å². The molecule has 0 aliphatic rings. The quantitative estimate of drug-likeness (QED) is 0.251. The minimum Gasteiger partial charge on any atom is -0.439 e. The van der Waals surface area contributed by atoms with Crippen LogP contribution in [0.15, 0.2) is 61.1 Å². The zero-order valence-corrected chi connectivity index (χ0v) is 19.8. The van der Waals surface area contributed by atoms with Gasteiger partial charge >= 0.3 is 6.18 Å². The zero-order valence-electron chi connectivity index (χ0n) is 19.8. The van der Waals surface area contributed by atoms with Crippen LogP contribution in [0.2, 0.25) is 0 Å². The van der Waals surface area contributed by atoms with Gasteiger partial charge in [0.2, 0.25) is 12.3 Å². The van der Waals surface area contributed by atoms with E-state index >= 15 is 0 Å². The van der Waals surface area contributed by atoms with Gasteiger partial charge in [0.05, 0.1) is 11.3 Å². The highest BCUT2D eigenvalue weighted by Gasteiger charge is 2.34. The van der Waals surface area contributed by atoms with Crippen molar-refractivity contribution in [2.24, 2.45) is 7.05 Å². The van der Waals surface area contributed by atoms with Crippen LogP contribution in [0, 0.1) is 5.82 Å². The molecule has 0 saturated carbocycles. The number of amides is 1. The van der Waals surface area contributed by atoms with Crippen molar-refractivity contribution < 1.29 is 27.1 Å². The third-order valence-electron chi connectivity index (χ3n) is 4.97. The van der Waals surface area contributed by atoms with Crippen LogP contribution in [-0.4, -0.2) is 27.0 Å². The normalized spacial score (nSPS) is 11.2. The minimum absolute atomic E-state index is 0.103. The van der Waals surface area contributed by atoms with E-state index in [2.05, 4.69) is 39.8 Å². The lowest BCUT2D eigenvalue weighted by Gasteiger charge is -2.09. The molecule has 36 heavy (non-hydrogen) atoms. The van der Waals surface area contributed by atoms with Gasteiger partial charge in [0.1, 0.15) is 17.9 Å². The minimum atomic E-state index is -4.76. The number of alkyl halides is 3. The van der Waals surface area contributed by atoms with Crippen molar-refractivity contribution in [3.63, 3.8) is 0 Å². The SMILES string of the molecule is CC(C)NCc1cc(Oc2ccc3c(ccn3C)c2)ncn1.O=CNc1ccc(F)c(C(F)(F)F)c1. The average molecular weight is 504 g/mol. The van der Waals surface area contributed by atoms with Crippen LogP contribution in [0.5, 0.6) is 11.6 Å². The highest BCUT2D eigenvalue weighted by atomic mass is 19.4. The van der Waals surface area contributed by atoms with Crippen molar-refractivity contribution in [2.75, 3.05) is 5.32 Å². The van der Waals surface area contributed by atoms with Gasteiger partial charge in [-0.05, 0) is 42.5 Å². The van der Waals surface area contributed by atoms with Gasteiger partial charge in [-0.3, -0.25) is 4.79 Å². The topological polar surface area (TPSA) is 81.1 Å². The number of nitrogens with one attached hydrogen (secondary N) is 2. The largest absolute Gasteiger partial charge is 0.439 e. The van der Waals surface area contributed by atoms with Crippen molar-refractivity contribution in [3.05, 3.63) is 78.1 Å². The fourth-order valence-corrected chi connectivity index (χ4v) is 3.18. The van der Waals surface area contributed by atoms with Crippen LogP contribution >= 0.6 is 0 Å². The molecular formula is C25H25F4N5O2. The maximum Gasteiger partial charge on any atom is 0.419 e. The third kappa shape index (κ3) is 7.25. The van der Waals surface area contributed by atoms with E-state index in [1.165, 1.54) is 11.8 Å². The maximum atomic E-state index is 12.7. The number of fused-ring (bicyclic) bond motifs is 1. The Morgan fingerprint density at radius 1 is 1.08 bits per heavy atom. The summed E-state index contributed by atoms with van der Waals surface area (Å²) < 4.78 is 56.9. The van der Waals surface area contributed by atoms with Crippen molar-refractivity contribution in [2.45, 2.75) is 32.6 Å². The van der Waals surface area contributed by atoms with E-state index in [1.54, 1.807) is 0 Å². The molecule has 0 saturated heterocycles. The second-order valence-corrected chi connectivity index (χ2v) is 8.09. The van der Waals surface area contributed by atoms with E-state index in [1.807, 2.05) is 42.8 Å². The standard InChI is InChI=1S/C17H20N4O.C8H5F4NO/c1-12(2)18-10-14-9-17(20-11-19-14)22-15-4-5-16-13(8-15)6-7-21(16)3;9-7-2-1-5(13-4-14)3-6(7)8(10,11)12/h4-9,11-12,18H,10H2,1-3H3;1-4H,(H,13,14). The summed E-state index contributed by atoms with van der Waals surface area (Å²) in [5.74, 6) is -0.0278. The van der Waals surface area contributed by atoms with Crippen LogP contribution in [0.4, 0.5) is 23.2 Å². The first-order valence-electron chi connectivity index (χ1n) is 10.9. The Labute approximate surface area is 205 Å². The summed E-state index contributed by atoms with van der Waals surface area (Å²) in [5, 5.41) is 6.48. The fraction of sp³-hybridized carbons (Fsp3) is 0.240. The molecule has 4 aromatic rings. The van der Waals surface area contributed by atoms with Gasteiger partial charge < -0.3 is 19.9 Å². The second-order valence-electron chi connectivity index (χ2n) is 8.09. The number of hydrogen-bond donors (Lipinski definition) is 2. The monoisotopic (exact) mass is 503 g/mol. The van der Waals surface area contributed by atoms with Crippen molar-refractivity contribution in [3.8, 4) is 11.6 Å². The van der Waals surface area contributed by atoms with Crippen LogP contribution in [0.1, 0.15) is 25.1 Å². The molecule has 190 valence electrons. The molecule has 0 aliphatic carbocycles. The Hall–Kier alpha value is -3.99. The molecule has 0 radical (unpaired) electrons. The molecule has 0 spiro atoms. The van der Waals surface area contributed by atoms with Gasteiger partial charge in [-0.1, -0.05) is 13.8 Å². The first-order valence-corrected chi connectivity index (χ1v) is 10.9. The average Bonchev–Trinajstić information content (AvgIpc) is 3.19. The molecule has 1 amide bonds. The molecule has 11 heteroatoms. The molecule has 2 heterocycles. The first kappa shape index (κ1) is 26.6. The number of carbonyl (C=O) groups excluding carboxylic acids is 1. The summed E-state index contributed by atoms with van der Waals surface area (Å²) in [5.41, 5.74) is 0.592. The van der Waals surface area contributed by atoms with Gasteiger partial charge in [0.15, 0.2) is 0 Å². The van der Waals surface area contributed by atoms with E-state index in [0.717, 1.165) is 22.9 Å². The van der Waals surface area contributed by atoms with E-state index < -0.39 is 17.6 Å². The van der Waals surface area contributed by atoms with E-state index in [4.69, 9.17) is 4.74 Å². The number of halogens is 4. The molecule has 4 rings (SSSR count). The molecule has 7 nitrogen and oxygen atoms in total. The molecule has 2 aromatic heterocycles. The van der Waals surface area contributed by atoms with Gasteiger partial charge in [0, 0.05) is 48.5 Å². The van der Waals surface area contributed by atoms with E-state index in [0.29, 0.717) is 30.6 Å². The number of benzene rings is 2. The molecule has 0 fully saturated rings. The Morgan fingerprint density at radius 3 is 2.56 bits per heavy atom. The molecule has 2 N–H and O–H groups in total. The molecule has 0 aliphatic heterocycles. The van der Waals surface area contributed by atoms with Crippen molar-refractivity contribution >= 4 is 23.0 Å². The van der Waals surface area contributed by atoms with E-state index in [-0.39, 0.29) is 12.1 Å². The predicted molar refractivity (Wildman–Crippen MR) is 128 cm³/mol. The van der Waals surface area contributed by atoms with Crippen molar-refractivity contribution in [1.29, 1.82) is 0 Å². The Balaban J connectivity index is 0.000000223. The lowest BCUT2D eigenvalue weighted by atomic mass is 10.2. The molecule has 0 bridgehead atoms. The lowest BCUT2D eigenvalue weighted by Crippen LogP contribution is -2.22. The lowest BCUT2D eigenvalue weighted by molar-refractivity contribution is -0.140. The van der Waals surface area contributed by atoms with Gasteiger partial charge in [-0.25, -0.2) is 14.4 Å². The summed E-state index contributed by atoms with van der Waals surface area (Å²) in [6.45, 7) is 4.91. The van der Waals surface area contributed by atoms with Gasteiger partial charge in [-0.2, -0.15) is 13.2 Å². The van der Waals surface area contributed by atoms with Crippen LogP contribution in [-0.2, 0) is 24.6 Å². The summed E-state index contributed by atoms with van der Waals surface area (Å²) >= 11 is 0. The number of anilines is 1. The van der Waals surface area contributed by atoms with Gasteiger partial charge in [-0.15, -0.1) is 0 Å². The highest BCUT2D eigenvalue weighted by Crippen LogP contribution is 2.32. The summed E-state index contributed by atoms with van der Waals surface area (Å²) in [6.07, 6.45) is -0.972. The number of aryl methyl sites for hydroxylation is 1. The second kappa shape index (κ2) is 11.6. The number of aromatic nitrogens is 3. The number of nitrogens with zero attached hydrogens (tertiary/aromatic N) is 3. The zero-order chi connectivity index (χ0) is 26.3. The summed E-state index contributed by atoms with van der Waals surface area (Å²) in [7, 11) is 2.03. The number of ether oxygens (including phenoxy) is 1. The first-order chi connectivity index (χ1) is 17.1. The molecule has 2 aromatic carbocycles. The number of carbonyl (C=O) groups is 1. The third-order valence-corrected chi connectivity index (χ3v) is 4.97. The molecule has 0 atom stereocenters. The predicted octanol–water partition coefficient (Wildman–Crippen LogP) is 5.67. The summed E-state index contributed by atoms with van der Waals surface area (Å²) in [4.78, 5) is 18.4. The Morgan fingerprint density at radius 2 is 1.86 bits per heavy atom. The van der Waals surface area contributed by atoms with Crippen LogP contribution in [0.25, 0.3) is 10.9 Å². The number of hydrogen-bond acceptors (Lipinski definition) is 5. The number of rotatable bonds is 7. The van der Waals surface area contributed by atoms with Crippen LogP contribution in [0.3, 0.4) is 0 Å². The Bertz CT molecular complexity index is 1320. The van der Waals surface area contributed by atoms with E-state index in [9.17, 15) is 22.4 Å². The van der Waals surface area contributed by atoms with Gasteiger partial charge in [0.25, 0.3) is 0 Å². The molecule has 0 unspecified atom stereocenters. The summed E-state index contributed by atoms with van der Waals surface area (Å²) in [6, 6.07) is 12.6. The Kier molecular flexibility index (Phi) is 8.59.